The third kappa shape index (κ3) is 2.87. The maximum Gasteiger partial charge on any atom is 0.272 e. The van der Waals surface area contributed by atoms with Crippen LogP contribution in [0, 0.1) is 5.82 Å². The summed E-state index contributed by atoms with van der Waals surface area (Å²) < 4.78 is 13.6. The average molecular weight is 318 g/mol. The van der Waals surface area contributed by atoms with E-state index in [-0.39, 0.29) is 5.91 Å². The minimum Gasteiger partial charge on any atom is -0.356 e. The minimum absolute atomic E-state index is 0.318. The standard InChI is InChI=1S/C11H7BrClFN2O/c12-8-2-1-7(4-9(8)14)16-11(17)10-3-6(13)5-15-10/h1-5,15H,(H,16,17). The Kier molecular flexibility index (Phi) is 3.49. The smallest absolute Gasteiger partial charge is 0.272 e. The summed E-state index contributed by atoms with van der Waals surface area (Å²) in [5, 5.41) is 2.99. The van der Waals surface area contributed by atoms with Gasteiger partial charge in [0, 0.05) is 11.9 Å². The maximum absolute atomic E-state index is 13.2. The van der Waals surface area contributed by atoms with Crippen molar-refractivity contribution >= 4 is 39.1 Å². The van der Waals surface area contributed by atoms with E-state index >= 15 is 0 Å². The van der Waals surface area contributed by atoms with Gasteiger partial charge in [-0.1, -0.05) is 11.6 Å². The summed E-state index contributed by atoms with van der Waals surface area (Å²) >= 11 is 8.71. The quantitative estimate of drug-likeness (QED) is 0.869. The molecule has 0 unspecified atom stereocenters. The zero-order valence-corrected chi connectivity index (χ0v) is 10.8. The monoisotopic (exact) mass is 316 g/mol. The molecule has 0 atom stereocenters. The average Bonchev–Trinajstić information content (AvgIpc) is 2.70. The molecule has 0 saturated heterocycles. The summed E-state index contributed by atoms with van der Waals surface area (Å²) in [7, 11) is 0. The van der Waals surface area contributed by atoms with Crippen LogP contribution in [0.1, 0.15) is 10.5 Å². The molecule has 1 heterocycles. The SMILES string of the molecule is O=C(Nc1ccc(Br)c(F)c1)c1cc(Cl)c[nH]1. The Balaban J connectivity index is 2.15. The molecule has 17 heavy (non-hydrogen) atoms. The van der Waals surface area contributed by atoms with Crippen molar-refractivity contribution in [2.24, 2.45) is 0 Å². The number of benzene rings is 1. The summed E-state index contributed by atoms with van der Waals surface area (Å²) in [6, 6.07) is 5.83. The van der Waals surface area contributed by atoms with Crippen LogP contribution in [0.25, 0.3) is 0 Å². The summed E-state index contributed by atoms with van der Waals surface area (Å²) in [5.41, 5.74) is 0.694. The molecule has 0 fully saturated rings. The predicted molar refractivity (Wildman–Crippen MR) is 67.9 cm³/mol. The van der Waals surface area contributed by atoms with Crippen LogP contribution in [0.3, 0.4) is 0 Å². The molecular weight excluding hydrogens is 310 g/mol. The van der Waals surface area contributed by atoms with Gasteiger partial charge < -0.3 is 10.3 Å². The zero-order chi connectivity index (χ0) is 12.4. The molecule has 2 aromatic rings. The lowest BCUT2D eigenvalue weighted by molar-refractivity contribution is 0.102. The van der Waals surface area contributed by atoms with Gasteiger partial charge in [-0.3, -0.25) is 4.79 Å². The number of rotatable bonds is 2. The van der Waals surface area contributed by atoms with Gasteiger partial charge in [0.25, 0.3) is 5.91 Å². The Morgan fingerprint density at radius 3 is 2.76 bits per heavy atom. The topological polar surface area (TPSA) is 44.9 Å². The van der Waals surface area contributed by atoms with E-state index in [0.29, 0.717) is 20.9 Å². The first-order valence-electron chi connectivity index (χ1n) is 4.66. The number of aromatic amines is 1. The maximum atomic E-state index is 13.2. The Bertz CT molecular complexity index is 570. The van der Waals surface area contributed by atoms with E-state index in [9.17, 15) is 9.18 Å². The van der Waals surface area contributed by atoms with Gasteiger partial charge in [0.2, 0.25) is 0 Å². The number of carbonyl (C=O) groups excluding carboxylic acids is 1. The van der Waals surface area contributed by atoms with Crippen LogP contribution in [0.2, 0.25) is 5.02 Å². The van der Waals surface area contributed by atoms with E-state index in [1.807, 2.05) is 0 Å². The highest BCUT2D eigenvalue weighted by Crippen LogP contribution is 2.20. The van der Waals surface area contributed by atoms with E-state index in [2.05, 4.69) is 26.2 Å². The molecule has 1 aromatic heterocycles. The number of carbonyl (C=O) groups is 1. The van der Waals surface area contributed by atoms with Crippen molar-refractivity contribution in [2.75, 3.05) is 5.32 Å². The molecule has 0 aliphatic heterocycles. The van der Waals surface area contributed by atoms with Gasteiger partial charge in [0.1, 0.15) is 11.5 Å². The number of hydrogen-bond donors (Lipinski definition) is 2. The molecule has 1 amide bonds. The fraction of sp³-hybridized carbons (Fsp3) is 0. The van der Waals surface area contributed by atoms with E-state index in [0.717, 1.165) is 0 Å². The van der Waals surface area contributed by atoms with Crippen molar-refractivity contribution in [3.05, 3.63) is 51.5 Å². The molecule has 88 valence electrons. The van der Waals surface area contributed by atoms with Gasteiger partial charge >= 0.3 is 0 Å². The van der Waals surface area contributed by atoms with E-state index in [1.165, 1.54) is 24.4 Å². The van der Waals surface area contributed by atoms with Gasteiger partial charge in [-0.05, 0) is 40.2 Å². The van der Waals surface area contributed by atoms with Crippen molar-refractivity contribution < 1.29 is 9.18 Å². The van der Waals surface area contributed by atoms with Gasteiger partial charge in [-0.2, -0.15) is 0 Å². The van der Waals surface area contributed by atoms with Crippen LogP contribution in [-0.4, -0.2) is 10.9 Å². The number of anilines is 1. The Hall–Kier alpha value is -1.33. The lowest BCUT2D eigenvalue weighted by atomic mass is 10.3. The van der Waals surface area contributed by atoms with Crippen LogP contribution in [0.5, 0.6) is 0 Å². The fourth-order valence-corrected chi connectivity index (χ4v) is 1.68. The largest absolute Gasteiger partial charge is 0.356 e. The highest BCUT2D eigenvalue weighted by Gasteiger charge is 2.09. The first-order chi connectivity index (χ1) is 8.06. The second kappa shape index (κ2) is 4.89. The molecule has 6 heteroatoms. The Morgan fingerprint density at radius 1 is 1.41 bits per heavy atom. The molecule has 2 rings (SSSR count). The van der Waals surface area contributed by atoms with E-state index in [4.69, 9.17) is 11.6 Å². The van der Waals surface area contributed by atoms with Crippen LogP contribution in [-0.2, 0) is 0 Å². The van der Waals surface area contributed by atoms with Gasteiger partial charge in [-0.15, -0.1) is 0 Å². The van der Waals surface area contributed by atoms with E-state index in [1.54, 1.807) is 6.07 Å². The zero-order valence-electron chi connectivity index (χ0n) is 8.43. The predicted octanol–water partition coefficient (Wildman–Crippen LogP) is 3.82. The molecule has 0 saturated carbocycles. The second-order valence-corrected chi connectivity index (χ2v) is 4.61. The van der Waals surface area contributed by atoms with Crippen molar-refractivity contribution in [1.29, 1.82) is 0 Å². The van der Waals surface area contributed by atoms with Gasteiger partial charge in [-0.25, -0.2) is 4.39 Å². The number of aromatic nitrogens is 1. The molecule has 0 aliphatic carbocycles. The number of nitrogens with one attached hydrogen (secondary N) is 2. The van der Waals surface area contributed by atoms with E-state index < -0.39 is 5.82 Å². The number of H-pyrrole nitrogens is 1. The molecule has 3 nitrogen and oxygen atoms in total. The Morgan fingerprint density at radius 2 is 2.18 bits per heavy atom. The van der Waals surface area contributed by atoms with Crippen molar-refractivity contribution in [3.63, 3.8) is 0 Å². The molecule has 1 aromatic carbocycles. The van der Waals surface area contributed by atoms with Crippen LogP contribution >= 0.6 is 27.5 Å². The molecule has 0 radical (unpaired) electrons. The van der Waals surface area contributed by atoms with Crippen LogP contribution in [0.15, 0.2) is 34.9 Å². The van der Waals surface area contributed by atoms with Crippen molar-refractivity contribution in [1.82, 2.24) is 4.98 Å². The van der Waals surface area contributed by atoms with Crippen molar-refractivity contribution in [2.45, 2.75) is 0 Å². The summed E-state index contributed by atoms with van der Waals surface area (Å²) in [6.45, 7) is 0. The molecule has 0 aliphatic rings. The molecule has 0 spiro atoms. The number of amides is 1. The van der Waals surface area contributed by atoms with Crippen molar-refractivity contribution in [3.8, 4) is 0 Å². The van der Waals surface area contributed by atoms with Gasteiger partial charge in [0.05, 0.1) is 9.50 Å². The third-order valence-corrected chi connectivity index (χ3v) is 2.93. The first-order valence-corrected chi connectivity index (χ1v) is 5.83. The van der Waals surface area contributed by atoms with Crippen LogP contribution in [0.4, 0.5) is 10.1 Å². The lowest BCUT2D eigenvalue weighted by Crippen LogP contribution is -2.12. The number of hydrogen-bond acceptors (Lipinski definition) is 1. The molecular formula is C11H7BrClFN2O. The fourth-order valence-electron chi connectivity index (χ4n) is 1.27. The lowest BCUT2D eigenvalue weighted by Gasteiger charge is -2.04. The second-order valence-electron chi connectivity index (χ2n) is 3.31. The highest BCUT2D eigenvalue weighted by molar-refractivity contribution is 9.10. The first kappa shape index (κ1) is 12.1. The summed E-state index contributed by atoms with van der Waals surface area (Å²) in [4.78, 5) is 14.4. The Labute approximate surface area is 110 Å². The molecule has 2 N–H and O–H groups in total. The molecule has 0 bridgehead atoms. The van der Waals surface area contributed by atoms with Gasteiger partial charge in [0.15, 0.2) is 0 Å². The third-order valence-electron chi connectivity index (χ3n) is 2.07. The highest BCUT2D eigenvalue weighted by atomic mass is 79.9. The summed E-state index contributed by atoms with van der Waals surface area (Å²) in [5.74, 6) is -0.814. The minimum atomic E-state index is -0.438. The number of halogens is 3. The normalized spacial score (nSPS) is 10.3. The summed E-state index contributed by atoms with van der Waals surface area (Å²) in [6.07, 6.45) is 1.50. The van der Waals surface area contributed by atoms with Crippen LogP contribution < -0.4 is 5.32 Å².